The lowest BCUT2D eigenvalue weighted by Gasteiger charge is -2.25. The Morgan fingerprint density at radius 2 is 1.76 bits per heavy atom. The maximum absolute atomic E-state index is 13.7. The van der Waals surface area contributed by atoms with Gasteiger partial charge in [-0.3, -0.25) is 14.4 Å². The zero-order chi connectivity index (χ0) is 24.2. The number of benzene rings is 2. The van der Waals surface area contributed by atoms with E-state index in [0.717, 1.165) is 34.9 Å². The number of pyridine rings is 1. The Kier molecular flexibility index (Phi) is 7.15. The highest BCUT2D eigenvalue weighted by Gasteiger charge is 2.26. The summed E-state index contributed by atoms with van der Waals surface area (Å²) in [7, 11) is 0. The van der Waals surface area contributed by atoms with E-state index in [-0.39, 0.29) is 17.5 Å². The molecule has 3 aromatic rings. The van der Waals surface area contributed by atoms with Crippen LogP contribution in [0.4, 0.5) is 0 Å². The van der Waals surface area contributed by atoms with Crippen molar-refractivity contribution in [2.45, 2.75) is 65.0 Å². The largest absolute Gasteiger partial charge is 0.368 e. The zero-order valence-electron chi connectivity index (χ0n) is 20.0. The van der Waals surface area contributed by atoms with Crippen molar-refractivity contribution >= 4 is 22.7 Å². The van der Waals surface area contributed by atoms with Crippen molar-refractivity contribution in [1.29, 1.82) is 0 Å². The molecule has 1 aromatic heterocycles. The molecule has 6 nitrogen and oxygen atoms in total. The number of primary amides is 1. The lowest BCUT2D eigenvalue weighted by Crippen LogP contribution is -2.47. The minimum Gasteiger partial charge on any atom is -0.368 e. The Bertz CT molecular complexity index is 1260. The van der Waals surface area contributed by atoms with Gasteiger partial charge in [0.25, 0.3) is 11.5 Å². The minimum absolute atomic E-state index is 0.0893. The van der Waals surface area contributed by atoms with E-state index in [1.165, 1.54) is 19.3 Å². The molecule has 1 atom stereocenters. The van der Waals surface area contributed by atoms with Crippen LogP contribution in [0.25, 0.3) is 10.9 Å². The molecule has 1 saturated carbocycles. The van der Waals surface area contributed by atoms with Crippen LogP contribution in [0.3, 0.4) is 0 Å². The van der Waals surface area contributed by atoms with Gasteiger partial charge in [-0.15, -0.1) is 0 Å². The Hall–Kier alpha value is -3.41. The molecule has 0 radical (unpaired) electrons. The lowest BCUT2D eigenvalue weighted by molar-refractivity contribution is -0.119. The van der Waals surface area contributed by atoms with E-state index in [0.29, 0.717) is 18.0 Å². The third-order valence-electron chi connectivity index (χ3n) is 7.01. The summed E-state index contributed by atoms with van der Waals surface area (Å²) >= 11 is 0. The molecule has 0 bridgehead atoms. The number of amides is 2. The molecule has 1 heterocycles. The molecule has 4 rings (SSSR count). The summed E-state index contributed by atoms with van der Waals surface area (Å²) in [6, 6.07) is 14.5. The van der Waals surface area contributed by atoms with Crippen molar-refractivity contribution < 1.29 is 9.59 Å². The van der Waals surface area contributed by atoms with Gasteiger partial charge in [-0.2, -0.15) is 0 Å². The molecule has 6 heteroatoms. The van der Waals surface area contributed by atoms with Crippen LogP contribution in [-0.4, -0.2) is 22.4 Å². The van der Waals surface area contributed by atoms with Crippen LogP contribution in [0.5, 0.6) is 0 Å². The topological polar surface area (TPSA) is 94.2 Å². The molecule has 1 aliphatic carbocycles. The average Bonchev–Trinajstić information content (AvgIpc) is 2.82. The van der Waals surface area contributed by atoms with Gasteiger partial charge in [0, 0.05) is 18.4 Å². The molecule has 178 valence electrons. The van der Waals surface area contributed by atoms with Crippen molar-refractivity contribution in [2.24, 2.45) is 11.7 Å². The second-order valence-electron chi connectivity index (χ2n) is 9.56. The van der Waals surface area contributed by atoms with E-state index in [2.05, 4.69) is 5.32 Å². The van der Waals surface area contributed by atoms with Crippen molar-refractivity contribution in [3.05, 3.63) is 81.1 Å². The van der Waals surface area contributed by atoms with Gasteiger partial charge in [0.05, 0.1) is 5.52 Å². The quantitative estimate of drug-likeness (QED) is 0.559. The highest BCUT2D eigenvalue weighted by molar-refractivity contribution is 6.02. The third-order valence-corrected chi connectivity index (χ3v) is 7.01. The molecule has 0 unspecified atom stereocenters. The molecule has 0 spiro atoms. The number of nitrogens with zero attached hydrogens (tertiary/aromatic N) is 1. The summed E-state index contributed by atoms with van der Waals surface area (Å²) in [5, 5.41) is 3.62. The van der Waals surface area contributed by atoms with E-state index in [4.69, 9.17) is 5.73 Å². The summed E-state index contributed by atoms with van der Waals surface area (Å²) in [5.41, 5.74) is 8.83. The number of nitrogens with one attached hydrogen (secondary N) is 1. The fourth-order valence-electron chi connectivity index (χ4n) is 5.10. The molecule has 2 aromatic carbocycles. The number of hydrogen-bond acceptors (Lipinski definition) is 3. The van der Waals surface area contributed by atoms with Crippen LogP contribution in [-0.2, 0) is 17.8 Å². The predicted molar refractivity (Wildman–Crippen MR) is 135 cm³/mol. The molecule has 3 N–H and O–H groups in total. The number of carbonyl (C=O) groups is 2. The number of nitrogens with two attached hydrogens (primary N) is 1. The van der Waals surface area contributed by atoms with Gasteiger partial charge in [-0.05, 0) is 55.4 Å². The van der Waals surface area contributed by atoms with Gasteiger partial charge in [-0.25, -0.2) is 0 Å². The number of fused-ring (bicyclic) bond motifs is 1. The highest BCUT2D eigenvalue weighted by Crippen LogP contribution is 2.27. The first-order chi connectivity index (χ1) is 16.3. The molecule has 0 saturated heterocycles. The summed E-state index contributed by atoms with van der Waals surface area (Å²) in [4.78, 5) is 39.3. The van der Waals surface area contributed by atoms with Gasteiger partial charge < -0.3 is 15.6 Å². The van der Waals surface area contributed by atoms with E-state index in [1.807, 2.05) is 55.5 Å². The lowest BCUT2D eigenvalue weighted by atomic mass is 9.89. The number of rotatable bonds is 7. The molecule has 34 heavy (non-hydrogen) atoms. The first-order valence-corrected chi connectivity index (χ1v) is 12.1. The summed E-state index contributed by atoms with van der Waals surface area (Å²) in [6.45, 7) is 4.41. The van der Waals surface area contributed by atoms with Crippen molar-refractivity contribution in [1.82, 2.24) is 9.88 Å². The average molecular weight is 460 g/mol. The first-order valence-electron chi connectivity index (χ1n) is 12.1. The second kappa shape index (κ2) is 10.2. The van der Waals surface area contributed by atoms with Crippen LogP contribution < -0.4 is 16.6 Å². The van der Waals surface area contributed by atoms with Crippen molar-refractivity contribution in [3.8, 4) is 0 Å². The standard InChI is InChI=1S/C28H33N3O3/c1-18-13-14-22-19(2)25(27(33)30-23(26(29)32)16-20-9-5-3-6-10-20)28(34)31(24(22)15-18)17-21-11-7-4-8-12-21/h3,5-6,9-10,13-15,21,23H,4,7-8,11-12,16-17H2,1-2H3,(H2,29,32)(H,30,33)/t23-/m0/s1. The van der Waals surface area contributed by atoms with Crippen molar-refractivity contribution in [3.63, 3.8) is 0 Å². The molecule has 1 fully saturated rings. The Morgan fingerprint density at radius 3 is 2.44 bits per heavy atom. The number of hydrogen-bond donors (Lipinski definition) is 2. The Labute approximate surface area is 200 Å². The minimum atomic E-state index is -0.908. The Morgan fingerprint density at radius 1 is 1.06 bits per heavy atom. The summed E-state index contributed by atoms with van der Waals surface area (Å²) in [6.07, 6.45) is 6.05. The monoisotopic (exact) mass is 459 g/mol. The normalized spacial score (nSPS) is 15.2. The maximum Gasteiger partial charge on any atom is 0.264 e. The van der Waals surface area contributed by atoms with E-state index >= 15 is 0 Å². The van der Waals surface area contributed by atoms with Crippen molar-refractivity contribution in [2.75, 3.05) is 0 Å². The van der Waals surface area contributed by atoms with E-state index in [9.17, 15) is 14.4 Å². The van der Waals surface area contributed by atoms with E-state index in [1.54, 1.807) is 11.5 Å². The number of aryl methyl sites for hydroxylation is 2. The van der Waals surface area contributed by atoms with Crippen LogP contribution in [0.1, 0.15) is 59.2 Å². The smallest absolute Gasteiger partial charge is 0.264 e. The van der Waals surface area contributed by atoms with Crippen LogP contribution >= 0.6 is 0 Å². The van der Waals surface area contributed by atoms with E-state index < -0.39 is 17.9 Å². The van der Waals surface area contributed by atoms with Crippen LogP contribution in [0, 0.1) is 19.8 Å². The fraction of sp³-hybridized carbons (Fsp3) is 0.393. The first kappa shape index (κ1) is 23.7. The molecular formula is C28H33N3O3. The summed E-state index contributed by atoms with van der Waals surface area (Å²) < 4.78 is 1.77. The zero-order valence-corrected chi connectivity index (χ0v) is 20.0. The van der Waals surface area contributed by atoms with Gasteiger partial charge in [-0.1, -0.05) is 61.7 Å². The van der Waals surface area contributed by atoms with Crippen LogP contribution in [0.15, 0.2) is 53.3 Å². The third kappa shape index (κ3) is 5.06. The fourth-order valence-corrected chi connectivity index (χ4v) is 5.10. The van der Waals surface area contributed by atoms with Gasteiger partial charge in [0.15, 0.2) is 0 Å². The van der Waals surface area contributed by atoms with Gasteiger partial charge >= 0.3 is 0 Å². The predicted octanol–water partition coefficient (Wildman–Crippen LogP) is 4.03. The number of aromatic nitrogens is 1. The SMILES string of the molecule is Cc1ccc2c(C)c(C(=O)N[C@@H](Cc3ccccc3)C(N)=O)c(=O)n(CC3CCCCC3)c2c1. The van der Waals surface area contributed by atoms with Crippen LogP contribution in [0.2, 0.25) is 0 Å². The molecule has 1 aliphatic rings. The molecule has 0 aliphatic heterocycles. The Balaban J connectivity index is 1.73. The molecule has 2 amide bonds. The number of carbonyl (C=O) groups excluding carboxylic acids is 2. The summed E-state index contributed by atoms with van der Waals surface area (Å²) in [5.74, 6) is -0.763. The second-order valence-corrected chi connectivity index (χ2v) is 9.56. The molecular weight excluding hydrogens is 426 g/mol. The van der Waals surface area contributed by atoms with Gasteiger partial charge in [0.1, 0.15) is 11.6 Å². The van der Waals surface area contributed by atoms with Gasteiger partial charge in [0.2, 0.25) is 5.91 Å². The maximum atomic E-state index is 13.7. The highest BCUT2D eigenvalue weighted by atomic mass is 16.2.